The van der Waals surface area contributed by atoms with Crippen molar-refractivity contribution in [2.75, 3.05) is 33.3 Å². The van der Waals surface area contributed by atoms with E-state index in [1.165, 1.54) is 38.6 Å². The standard InChI is InChI=1S/C14H28N2O/c1-3-15-14(11-17,13-7-8-13)10-16(2)9-12-5-4-6-12/h12-13,15,17H,3-11H2,1-2H3. The molecule has 0 amide bonds. The molecule has 3 nitrogen and oxygen atoms in total. The van der Waals surface area contributed by atoms with Crippen LogP contribution in [0.5, 0.6) is 0 Å². The van der Waals surface area contributed by atoms with Crippen molar-refractivity contribution in [3.63, 3.8) is 0 Å². The molecule has 0 aromatic heterocycles. The fourth-order valence-corrected chi connectivity index (χ4v) is 3.21. The van der Waals surface area contributed by atoms with E-state index in [2.05, 4.69) is 24.2 Å². The van der Waals surface area contributed by atoms with E-state index in [1.807, 2.05) is 0 Å². The second kappa shape index (κ2) is 5.68. The van der Waals surface area contributed by atoms with Crippen molar-refractivity contribution in [1.82, 2.24) is 10.2 Å². The van der Waals surface area contributed by atoms with Crippen LogP contribution in [0.3, 0.4) is 0 Å². The highest BCUT2D eigenvalue weighted by atomic mass is 16.3. The molecule has 2 N–H and O–H groups in total. The maximum Gasteiger partial charge on any atom is 0.0628 e. The van der Waals surface area contributed by atoms with E-state index in [1.54, 1.807) is 0 Å². The van der Waals surface area contributed by atoms with Crippen molar-refractivity contribution >= 4 is 0 Å². The Kier molecular flexibility index (Phi) is 4.45. The van der Waals surface area contributed by atoms with E-state index in [-0.39, 0.29) is 12.1 Å². The van der Waals surface area contributed by atoms with Gasteiger partial charge in [0.1, 0.15) is 0 Å². The maximum atomic E-state index is 9.78. The zero-order valence-electron chi connectivity index (χ0n) is 11.4. The van der Waals surface area contributed by atoms with Gasteiger partial charge in [-0.05, 0) is 51.1 Å². The smallest absolute Gasteiger partial charge is 0.0628 e. The fourth-order valence-electron chi connectivity index (χ4n) is 3.21. The zero-order valence-corrected chi connectivity index (χ0v) is 11.4. The van der Waals surface area contributed by atoms with Crippen LogP contribution in [0, 0.1) is 11.8 Å². The minimum absolute atomic E-state index is 0.0345. The van der Waals surface area contributed by atoms with Crippen LogP contribution in [0.2, 0.25) is 0 Å². The third kappa shape index (κ3) is 3.21. The Morgan fingerprint density at radius 3 is 2.41 bits per heavy atom. The summed E-state index contributed by atoms with van der Waals surface area (Å²) >= 11 is 0. The van der Waals surface area contributed by atoms with Crippen LogP contribution in [0.15, 0.2) is 0 Å². The largest absolute Gasteiger partial charge is 0.394 e. The van der Waals surface area contributed by atoms with E-state index in [9.17, 15) is 5.11 Å². The highest BCUT2D eigenvalue weighted by molar-refractivity contribution is 5.02. The third-order valence-electron chi connectivity index (χ3n) is 4.52. The topological polar surface area (TPSA) is 35.5 Å². The molecule has 1 unspecified atom stereocenters. The number of aliphatic hydroxyl groups excluding tert-OH is 1. The average molecular weight is 240 g/mol. The van der Waals surface area contributed by atoms with E-state index in [0.29, 0.717) is 5.92 Å². The lowest BCUT2D eigenvalue weighted by Gasteiger charge is -2.39. The highest BCUT2D eigenvalue weighted by Gasteiger charge is 2.44. The summed E-state index contributed by atoms with van der Waals surface area (Å²) in [6.45, 7) is 5.58. The predicted molar refractivity (Wildman–Crippen MR) is 71.1 cm³/mol. The van der Waals surface area contributed by atoms with Crippen molar-refractivity contribution in [2.45, 2.75) is 44.6 Å². The van der Waals surface area contributed by atoms with Gasteiger partial charge >= 0.3 is 0 Å². The van der Waals surface area contributed by atoms with Crippen molar-refractivity contribution < 1.29 is 5.11 Å². The summed E-state index contributed by atoms with van der Waals surface area (Å²) in [5.74, 6) is 1.61. The second-order valence-electron chi connectivity index (χ2n) is 6.11. The highest BCUT2D eigenvalue weighted by Crippen LogP contribution is 2.40. The molecular weight excluding hydrogens is 212 g/mol. The normalized spacial score (nSPS) is 24.7. The van der Waals surface area contributed by atoms with Crippen molar-refractivity contribution in [2.24, 2.45) is 11.8 Å². The molecule has 17 heavy (non-hydrogen) atoms. The first-order valence-corrected chi connectivity index (χ1v) is 7.24. The van der Waals surface area contributed by atoms with Crippen molar-refractivity contribution in [1.29, 1.82) is 0 Å². The number of hydrogen-bond donors (Lipinski definition) is 2. The third-order valence-corrected chi connectivity index (χ3v) is 4.52. The SMILES string of the molecule is CCNC(CO)(CN(C)CC1CCC1)C1CC1. The number of nitrogens with one attached hydrogen (secondary N) is 1. The number of nitrogens with zero attached hydrogens (tertiary/aromatic N) is 1. The number of rotatable bonds is 8. The fraction of sp³-hybridized carbons (Fsp3) is 1.00. The first-order chi connectivity index (χ1) is 8.20. The lowest BCUT2D eigenvalue weighted by atomic mass is 9.84. The molecule has 0 aromatic rings. The Morgan fingerprint density at radius 2 is 2.00 bits per heavy atom. The minimum atomic E-state index is -0.0345. The van der Waals surface area contributed by atoms with Crippen LogP contribution >= 0.6 is 0 Å². The first-order valence-electron chi connectivity index (χ1n) is 7.24. The summed E-state index contributed by atoms with van der Waals surface area (Å²) < 4.78 is 0. The Bertz CT molecular complexity index is 238. The number of likely N-dealkylation sites (N-methyl/N-ethyl adjacent to an activating group) is 2. The predicted octanol–water partition coefficient (Wildman–Crippen LogP) is 1.47. The zero-order chi connectivity index (χ0) is 12.3. The second-order valence-corrected chi connectivity index (χ2v) is 6.11. The van der Waals surface area contributed by atoms with Crippen LogP contribution in [0.1, 0.15) is 39.0 Å². The molecule has 0 spiro atoms. The lowest BCUT2D eigenvalue weighted by Crippen LogP contribution is -2.57. The van der Waals surface area contributed by atoms with Crippen molar-refractivity contribution in [3.8, 4) is 0 Å². The van der Waals surface area contributed by atoms with Crippen LogP contribution in [0.25, 0.3) is 0 Å². The molecule has 2 fully saturated rings. The van der Waals surface area contributed by atoms with Gasteiger partial charge in [-0.3, -0.25) is 0 Å². The Hall–Kier alpha value is -0.120. The Balaban J connectivity index is 1.86. The quantitative estimate of drug-likeness (QED) is 0.674. The average Bonchev–Trinajstić information content (AvgIpc) is 3.07. The molecule has 2 saturated carbocycles. The number of hydrogen-bond acceptors (Lipinski definition) is 3. The van der Waals surface area contributed by atoms with Gasteiger partial charge < -0.3 is 15.3 Å². The molecule has 3 heteroatoms. The summed E-state index contributed by atoms with van der Waals surface area (Å²) in [4.78, 5) is 2.43. The molecule has 100 valence electrons. The van der Waals surface area contributed by atoms with Gasteiger partial charge in [0, 0.05) is 13.1 Å². The summed E-state index contributed by atoms with van der Waals surface area (Å²) in [6, 6.07) is 0. The van der Waals surface area contributed by atoms with E-state index in [4.69, 9.17) is 0 Å². The molecular formula is C14H28N2O. The van der Waals surface area contributed by atoms with Gasteiger partial charge in [0.15, 0.2) is 0 Å². The van der Waals surface area contributed by atoms with Gasteiger partial charge in [0.2, 0.25) is 0 Å². The molecule has 0 radical (unpaired) electrons. The van der Waals surface area contributed by atoms with Gasteiger partial charge in [0.25, 0.3) is 0 Å². The van der Waals surface area contributed by atoms with E-state index in [0.717, 1.165) is 19.0 Å². The molecule has 2 rings (SSSR count). The Labute approximate surface area is 106 Å². The summed E-state index contributed by atoms with van der Waals surface area (Å²) in [5.41, 5.74) is -0.0345. The van der Waals surface area contributed by atoms with Gasteiger partial charge in [-0.15, -0.1) is 0 Å². The lowest BCUT2D eigenvalue weighted by molar-refractivity contribution is 0.0880. The molecule has 0 aromatic carbocycles. The maximum absolute atomic E-state index is 9.78. The molecule has 1 atom stereocenters. The number of aliphatic hydroxyl groups is 1. The van der Waals surface area contributed by atoms with Gasteiger partial charge in [0.05, 0.1) is 12.1 Å². The summed E-state index contributed by atoms with van der Waals surface area (Å²) in [6.07, 6.45) is 6.79. The molecule has 0 saturated heterocycles. The molecule has 2 aliphatic carbocycles. The summed E-state index contributed by atoms with van der Waals surface area (Å²) in [5, 5.41) is 13.3. The molecule has 0 aliphatic heterocycles. The van der Waals surface area contributed by atoms with Gasteiger partial charge in [-0.1, -0.05) is 13.3 Å². The first kappa shape index (κ1) is 13.3. The minimum Gasteiger partial charge on any atom is -0.394 e. The summed E-state index contributed by atoms with van der Waals surface area (Å²) in [7, 11) is 2.21. The monoisotopic (exact) mass is 240 g/mol. The van der Waals surface area contributed by atoms with Crippen molar-refractivity contribution in [3.05, 3.63) is 0 Å². The van der Waals surface area contributed by atoms with Crippen LogP contribution in [-0.2, 0) is 0 Å². The molecule has 0 bridgehead atoms. The van der Waals surface area contributed by atoms with E-state index < -0.39 is 0 Å². The van der Waals surface area contributed by atoms with Crippen LogP contribution in [-0.4, -0.2) is 48.8 Å². The Morgan fingerprint density at radius 1 is 1.29 bits per heavy atom. The van der Waals surface area contributed by atoms with Crippen LogP contribution in [0.4, 0.5) is 0 Å². The van der Waals surface area contributed by atoms with Gasteiger partial charge in [-0.25, -0.2) is 0 Å². The van der Waals surface area contributed by atoms with E-state index >= 15 is 0 Å². The molecule has 2 aliphatic rings. The van der Waals surface area contributed by atoms with Crippen LogP contribution < -0.4 is 5.32 Å². The van der Waals surface area contributed by atoms with Gasteiger partial charge in [-0.2, -0.15) is 0 Å². The molecule has 0 heterocycles.